The number of halogens is 2. The minimum Gasteiger partial charge on any atom is -0.0837 e. The molecular weight excluding hydrogens is 282 g/mol. The van der Waals surface area contributed by atoms with Crippen molar-refractivity contribution < 1.29 is 0 Å². The molecule has 0 saturated carbocycles. The van der Waals surface area contributed by atoms with Crippen molar-refractivity contribution in [1.29, 1.82) is 0 Å². The van der Waals surface area contributed by atoms with Crippen LogP contribution < -0.4 is 0 Å². The zero-order valence-corrected chi connectivity index (χ0v) is 10.7. The van der Waals surface area contributed by atoms with Gasteiger partial charge in [-0.25, -0.2) is 0 Å². The average Bonchev–Trinajstić information content (AvgIpc) is 2.08. The second-order valence-electron chi connectivity index (χ2n) is 3.13. The minimum absolute atomic E-state index is 0.919. The van der Waals surface area contributed by atoms with Crippen molar-refractivity contribution in [2.45, 2.75) is 27.7 Å². The van der Waals surface area contributed by atoms with E-state index >= 15 is 0 Å². The molecule has 0 aliphatic rings. The van der Waals surface area contributed by atoms with Crippen LogP contribution in [0.15, 0.2) is 0 Å². The molecule has 0 saturated heterocycles. The fourth-order valence-corrected chi connectivity index (χ4v) is 2.34. The van der Waals surface area contributed by atoms with E-state index in [1.54, 1.807) is 0 Å². The summed E-state index contributed by atoms with van der Waals surface area (Å²) >= 11 is 8.51. The average molecular weight is 295 g/mol. The molecule has 0 spiro atoms. The van der Waals surface area contributed by atoms with Crippen LogP contribution in [0.4, 0.5) is 0 Å². The van der Waals surface area contributed by atoms with Gasteiger partial charge in [-0.05, 0) is 72.5 Å². The first-order chi connectivity index (χ1) is 5.46. The smallest absolute Gasteiger partial charge is 0.0477 e. The Balaban J connectivity index is 3.60. The van der Waals surface area contributed by atoms with Crippen LogP contribution in [0, 0.1) is 31.3 Å². The van der Waals surface area contributed by atoms with Gasteiger partial charge >= 0.3 is 0 Å². The fourth-order valence-electron chi connectivity index (χ4n) is 1.27. The Morgan fingerprint density at radius 2 is 1.33 bits per heavy atom. The van der Waals surface area contributed by atoms with Crippen molar-refractivity contribution in [2.24, 2.45) is 0 Å². The first-order valence-electron chi connectivity index (χ1n) is 3.88. The summed E-state index contributed by atoms with van der Waals surface area (Å²) in [6.07, 6.45) is 0. The molecule has 0 N–H and O–H groups in total. The van der Waals surface area contributed by atoms with Crippen molar-refractivity contribution in [3.63, 3.8) is 0 Å². The van der Waals surface area contributed by atoms with Crippen LogP contribution in [0.2, 0.25) is 5.02 Å². The van der Waals surface area contributed by atoms with E-state index in [1.807, 2.05) is 0 Å². The lowest BCUT2D eigenvalue weighted by molar-refractivity contribution is 1.21. The summed E-state index contributed by atoms with van der Waals surface area (Å²) in [5, 5.41) is 0.919. The Morgan fingerprint density at radius 1 is 0.833 bits per heavy atom. The highest BCUT2D eigenvalue weighted by Crippen LogP contribution is 2.30. The third kappa shape index (κ3) is 1.49. The molecule has 0 aromatic heterocycles. The van der Waals surface area contributed by atoms with E-state index in [-0.39, 0.29) is 0 Å². The molecule has 2 heteroatoms. The molecule has 0 unspecified atom stereocenters. The van der Waals surface area contributed by atoms with Gasteiger partial charge in [0.05, 0.1) is 0 Å². The van der Waals surface area contributed by atoms with Crippen molar-refractivity contribution in [1.82, 2.24) is 0 Å². The lowest BCUT2D eigenvalue weighted by Crippen LogP contribution is -1.95. The molecule has 1 aromatic rings. The van der Waals surface area contributed by atoms with E-state index in [2.05, 4.69) is 50.3 Å². The summed E-state index contributed by atoms with van der Waals surface area (Å²) in [6.45, 7) is 8.42. The van der Waals surface area contributed by atoms with E-state index in [0.29, 0.717) is 0 Å². The molecule has 0 radical (unpaired) electrons. The fraction of sp³-hybridized carbons (Fsp3) is 0.400. The van der Waals surface area contributed by atoms with Crippen LogP contribution in [-0.2, 0) is 0 Å². The van der Waals surface area contributed by atoms with Gasteiger partial charge in [-0.3, -0.25) is 0 Å². The molecule has 0 amide bonds. The number of rotatable bonds is 0. The molecule has 66 valence electrons. The van der Waals surface area contributed by atoms with Gasteiger partial charge in [0.15, 0.2) is 0 Å². The van der Waals surface area contributed by atoms with Crippen LogP contribution in [0.5, 0.6) is 0 Å². The van der Waals surface area contributed by atoms with Gasteiger partial charge in [-0.1, -0.05) is 11.6 Å². The molecular formula is C10H12ClI. The normalized spacial score (nSPS) is 10.5. The van der Waals surface area contributed by atoms with Crippen molar-refractivity contribution in [3.8, 4) is 0 Å². The van der Waals surface area contributed by atoms with Gasteiger partial charge in [0.25, 0.3) is 0 Å². The van der Waals surface area contributed by atoms with E-state index in [0.717, 1.165) is 5.02 Å². The summed E-state index contributed by atoms with van der Waals surface area (Å²) in [7, 11) is 0. The molecule has 0 aliphatic carbocycles. The first kappa shape index (κ1) is 10.3. The zero-order valence-electron chi connectivity index (χ0n) is 7.76. The van der Waals surface area contributed by atoms with Crippen LogP contribution >= 0.6 is 34.2 Å². The summed E-state index contributed by atoms with van der Waals surface area (Å²) in [6, 6.07) is 0. The first-order valence-corrected chi connectivity index (χ1v) is 5.33. The lowest BCUT2D eigenvalue weighted by atomic mass is 10.0. The molecule has 1 rings (SSSR count). The summed E-state index contributed by atoms with van der Waals surface area (Å²) in [4.78, 5) is 0. The molecule has 12 heavy (non-hydrogen) atoms. The predicted octanol–water partition coefficient (Wildman–Crippen LogP) is 4.18. The third-order valence-electron chi connectivity index (χ3n) is 2.44. The molecule has 0 aliphatic heterocycles. The van der Waals surface area contributed by atoms with E-state index in [1.165, 1.54) is 25.8 Å². The molecule has 0 atom stereocenters. The highest BCUT2D eigenvalue weighted by Gasteiger charge is 2.10. The van der Waals surface area contributed by atoms with Crippen LogP contribution in [-0.4, -0.2) is 0 Å². The van der Waals surface area contributed by atoms with Gasteiger partial charge < -0.3 is 0 Å². The molecule has 0 nitrogen and oxygen atoms in total. The van der Waals surface area contributed by atoms with Gasteiger partial charge in [-0.15, -0.1) is 0 Å². The number of hydrogen-bond acceptors (Lipinski definition) is 0. The third-order valence-corrected chi connectivity index (χ3v) is 4.63. The van der Waals surface area contributed by atoms with E-state index in [4.69, 9.17) is 11.6 Å². The maximum Gasteiger partial charge on any atom is 0.0477 e. The minimum atomic E-state index is 0.919. The maximum absolute atomic E-state index is 6.16. The van der Waals surface area contributed by atoms with Crippen LogP contribution in [0.25, 0.3) is 0 Å². The van der Waals surface area contributed by atoms with Crippen LogP contribution in [0.3, 0.4) is 0 Å². The maximum atomic E-state index is 6.16. The predicted molar refractivity (Wildman–Crippen MR) is 63.1 cm³/mol. The number of hydrogen-bond donors (Lipinski definition) is 0. The van der Waals surface area contributed by atoms with Crippen molar-refractivity contribution in [2.75, 3.05) is 0 Å². The Labute approximate surface area is 92.5 Å². The van der Waals surface area contributed by atoms with Gasteiger partial charge in [-0.2, -0.15) is 0 Å². The Morgan fingerprint density at radius 3 is 1.83 bits per heavy atom. The largest absolute Gasteiger partial charge is 0.0837 e. The summed E-state index contributed by atoms with van der Waals surface area (Å²) in [5.41, 5.74) is 5.09. The lowest BCUT2D eigenvalue weighted by Gasteiger charge is -2.12. The van der Waals surface area contributed by atoms with E-state index < -0.39 is 0 Å². The van der Waals surface area contributed by atoms with Gasteiger partial charge in [0, 0.05) is 8.59 Å². The Hall–Kier alpha value is 0.240. The second-order valence-corrected chi connectivity index (χ2v) is 4.58. The monoisotopic (exact) mass is 294 g/mol. The SMILES string of the molecule is Cc1c(C)c(Cl)c(C)c(I)c1C. The number of benzene rings is 1. The van der Waals surface area contributed by atoms with Gasteiger partial charge in [0.1, 0.15) is 0 Å². The summed E-state index contributed by atoms with van der Waals surface area (Å²) in [5.74, 6) is 0. The molecule has 0 bridgehead atoms. The van der Waals surface area contributed by atoms with E-state index in [9.17, 15) is 0 Å². The summed E-state index contributed by atoms with van der Waals surface area (Å²) < 4.78 is 1.29. The topological polar surface area (TPSA) is 0 Å². The highest BCUT2D eigenvalue weighted by atomic mass is 127. The molecule has 0 heterocycles. The van der Waals surface area contributed by atoms with Crippen LogP contribution in [0.1, 0.15) is 22.3 Å². The van der Waals surface area contributed by atoms with Crippen molar-refractivity contribution >= 4 is 34.2 Å². The standard InChI is InChI=1S/C10H12ClI/c1-5-6(2)9(11)8(4)10(12)7(5)3/h1-4H3. The molecule has 1 aromatic carbocycles. The second kappa shape index (κ2) is 3.54. The highest BCUT2D eigenvalue weighted by molar-refractivity contribution is 14.1. The van der Waals surface area contributed by atoms with Gasteiger partial charge in [0.2, 0.25) is 0 Å². The Bertz CT molecular complexity index is 224. The van der Waals surface area contributed by atoms with Crippen molar-refractivity contribution in [3.05, 3.63) is 30.8 Å². The zero-order chi connectivity index (χ0) is 9.46. The molecule has 0 fully saturated rings. The Kier molecular flexibility index (Phi) is 3.05. The quantitative estimate of drug-likeness (QED) is 0.630.